The molecule has 6 nitrogen and oxygen atoms in total. The summed E-state index contributed by atoms with van der Waals surface area (Å²) in [6, 6.07) is 7.82. The van der Waals surface area contributed by atoms with E-state index in [-0.39, 0.29) is 5.92 Å². The molecule has 0 saturated carbocycles. The minimum absolute atomic E-state index is 0.243. The van der Waals surface area contributed by atoms with Gasteiger partial charge in [-0.1, -0.05) is 12.1 Å². The zero-order chi connectivity index (χ0) is 20.3. The number of nitrogens with two attached hydrogens (primary N) is 2. The number of fused-ring (bicyclic) bond motifs is 1. The maximum Gasteiger partial charge on any atom is 0.203 e. The summed E-state index contributed by atoms with van der Waals surface area (Å²) in [4.78, 5) is 0. The molecule has 0 fully saturated rings. The topological polar surface area (TPSA) is 89.0 Å². The van der Waals surface area contributed by atoms with E-state index in [1.54, 1.807) is 28.4 Å². The lowest BCUT2D eigenvalue weighted by Gasteiger charge is -2.20. The number of rotatable bonds is 6. The molecule has 0 amide bonds. The van der Waals surface area contributed by atoms with Crippen molar-refractivity contribution >= 4 is 11.3 Å². The highest BCUT2D eigenvalue weighted by molar-refractivity contribution is 5.86. The molecule has 1 atom stereocenters. The smallest absolute Gasteiger partial charge is 0.203 e. The molecular weight excluding hydrogens is 356 g/mol. The second-order valence-electron chi connectivity index (χ2n) is 6.74. The van der Waals surface area contributed by atoms with E-state index in [9.17, 15) is 0 Å². The van der Waals surface area contributed by atoms with E-state index >= 15 is 0 Å². The molecule has 2 aromatic rings. The molecule has 28 heavy (non-hydrogen) atoms. The van der Waals surface area contributed by atoms with Gasteiger partial charge in [0.1, 0.15) is 5.75 Å². The van der Waals surface area contributed by atoms with Crippen molar-refractivity contribution in [3.63, 3.8) is 0 Å². The third-order valence-corrected chi connectivity index (χ3v) is 5.23. The Bertz CT molecular complexity index is 893. The summed E-state index contributed by atoms with van der Waals surface area (Å²) in [6.45, 7) is 0.569. The lowest BCUT2D eigenvalue weighted by atomic mass is 9.92. The monoisotopic (exact) mass is 384 g/mol. The zero-order valence-corrected chi connectivity index (χ0v) is 16.9. The second kappa shape index (κ2) is 8.44. The first-order valence-corrected chi connectivity index (χ1v) is 9.25. The summed E-state index contributed by atoms with van der Waals surface area (Å²) >= 11 is 0. The van der Waals surface area contributed by atoms with Gasteiger partial charge in [0.15, 0.2) is 11.5 Å². The first-order valence-electron chi connectivity index (χ1n) is 9.25. The lowest BCUT2D eigenvalue weighted by molar-refractivity contribution is 0.321. The minimum atomic E-state index is 0.243. The van der Waals surface area contributed by atoms with Gasteiger partial charge >= 0.3 is 0 Å². The van der Waals surface area contributed by atoms with Crippen molar-refractivity contribution < 1.29 is 18.9 Å². The van der Waals surface area contributed by atoms with Crippen molar-refractivity contribution in [2.45, 2.75) is 12.8 Å². The van der Waals surface area contributed by atoms with Gasteiger partial charge in [0.2, 0.25) is 5.75 Å². The summed E-state index contributed by atoms with van der Waals surface area (Å²) < 4.78 is 22.2. The number of hydrogen-bond acceptors (Lipinski definition) is 6. The number of nitrogen functional groups attached to an aromatic ring is 1. The Balaban J connectivity index is 2.27. The highest BCUT2D eigenvalue weighted by Crippen LogP contribution is 2.47. The van der Waals surface area contributed by atoms with Crippen LogP contribution in [-0.2, 0) is 6.42 Å². The van der Waals surface area contributed by atoms with Crippen molar-refractivity contribution in [2.75, 3.05) is 40.7 Å². The number of ether oxygens (including phenoxy) is 4. The molecule has 1 aliphatic carbocycles. The van der Waals surface area contributed by atoms with Gasteiger partial charge in [-0.25, -0.2) is 0 Å². The van der Waals surface area contributed by atoms with Crippen molar-refractivity contribution in [1.29, 1.82) is 0 Å². The lowest BCUT2D eigenvalue weighted by Crippen LogP contribution is -2.12. The summed E-state index contributed by atoms with van der Waals surface area (Å²) in [7, 11) is 6.50. The Labute approximate surface area is 166 Å². The predicted molar refractivity (Wildman–Crippen MR) is 111 cm³/mol. The van der Waals surface area contributed by atoms with Crippen LogP contribution in [0.1, 0.15) is 23.1 Å². The van der Waals surface area contributed by atoms with Gasteiger partial charge in [0.05, 0.1) is 34.1 Å². The number of methoxy groups -OCH3 is 4. The van der Waals surface area contributed by atoms with E-state index in [4.69, 9.17) is 30.4 Å². The van der Waals surface area contributed by atoms with Gasteiger partial charge in [0.25, 0.3) is 0 Å². The molecule has 1 aliphatic rings. The molecule has 0 aromatic heterocycles. The Morgan fingerprint density at radius 3 is 2.21 bits per heavy atom. The van der Waals surface area contributed by atoms with Gasteiger partial charge < -0.3 is 30.4 Å². The average molecular weight is 384 g/mol. The van der Waals surface area contributed by atoms with Crippen LogP contribution in [0.5, 0.6) is 23.0 Å². The molecule has 4 N–H and O–H groups in total. The first kappa shape index (κ1) is 19.9. The van der Waals surface area contributed by atoms with E-state index in [0.717, 1.165) is 35.1 Å². The van der Waals surface area contributed by atoms with Crippen LogP contribution in [-0.4, -0.2) is 35.0 Å². The Hall–Kier alpha value is -2.86. The molecule has 150 valence electrons. The predicted octanol–water partition coefficient (Wildman–Crippen LogP) is 3.26. The van der Waals surface area contributed by atoms with Crippen molar-refractivity contribution in [3.05, 3.63) is 47.0 Å². The fraction of sp³-hybridized carbons (Fsp3) is 0.364. The highest BCUT2D eigenvalue weighted by atomic mass is 16.5. The SMILES string of the molecule is COc1ccc(C2=CC(CN)CCc3c2cc(OC)c(OC)c3OC)cc1N. The van der Waals surface area contributed by atoms with Crippen LogP contribution in [0.25, 0.3) is 5.57 Å². The Kier molecular flexibility index (Phi) is 5.99. The van der Waals surface area contributed by atoms with E-state index in [1.165, 1.54) is 0 Å². The van der Waals surface area contributed by atoms with Crippen LogP contribution < -0.4 is 30.4 Å². The molecule has 0 aliphatic heterocycles. The van der Waals surface area contributed by atoms with Gasteiger partial charge in [-0.3, -0.25) is 0 Å². The standard InChI is InChI=1S/C22H28N2O4/c1-25-19-8-6-14(10-18(19)24)16-9-13(12-23)5-7-15-17(16)11-20(26-2)22(28-4)21(15)27-3/h6,8-11,13H,5,7,12,23-24H2,1-4H3. The quantitative estimate of drug-likeness (QED) is 0.743. The summed E-state index contributed by atoms with van der Waals surface area (Å²) in [6.07, 6.45) is 3.97. The van der Waals surface area contributed by atoms with Gasteiger partial charge in [0, 0.05) is 5.56 Å². The normalized spacial score (nSPS) is 15.9. The van der Waals surface area contributed by atoms with E-state index in [0.29, 0.717) is 35.2 Å². The molecule has 0 spiro atoms. The molecule has 0 saturated heterocycles. The first-order chi connectivity index (χ1) is 13.6. The van der Waals surface area contributed by atoms with Gasteiger partial charge in [-0.05, 0) is 60.2 Å². The molecule has 1 unspecified atom stereocenters. The Morgan fingerprint density at radius 1 is 0.929 bits per heavy atom. The van der Waals surface area contributed by atoms with E-state index in [2.05, 4.69) is 6.08 Å². The third kappa shape index (κ3) is 3.47. The van der Waals surface area contributed by atoms with Gasteiger partial charge in [-0.2, -0.15) is 0 Å². The minimum Gasteiger partial charge on any atom is -0.495 e. The molecular formula is C22H28N2O4. The van der Waals surface area contributed by atoms with Crippen molar-refractivity contribution in [1.82, 2.24) is 0 Å². The third-order valence-electron chi connectivity index (χ3n) is 5.23. The fourth-order valence-corrected chi connectivity index (χ4v) is 3.78. The average Bonchev–Trinajstić information content (AvgIpc) is 2.91. The van der Waals surface area contributed by atoms with Crippen molar-refractivity contribution in [3.8, 4) is 23.0 Å². The maximum atomic E-state index is 6.18. The fourth-order valence-electron chi connectivity index (χ4n) is 3.78. The van der Waals surface area contributed by atoms with Crippen LogP contribution in [0.4, 0.5) is 5.69 Å². The molecule has 0 heterocycles. The van der Waals surface area contributed by atoms with Crippen LogP contribution in [0.2, 0.25) is 0 Å². The number of benzene rings is 2. The molecule has 0 radical (unpaired) electrons. The van der Waals surface area contributed by atoms with E-state index in [1.807, 2.05) is 24.3 Å². The van der Waals surface area contributed by atoms with E-state index < -0.39 is 0 Å². The zero-order valence-electron chi connectivity index (χ0n) is 16.9. The molecule has 3 rings (SSSR count). The van der Waals surface area contributed by atoms with Crippen LogP contribution >= 0.6 is 0 Å². The van der Waals surface area contributed by atoms with Crippen LogP contribution in [0, 0.1) is 5.92 Å². The highest BCUT2D eigenvalue weighted by Gasteiger charge is 2.26. The Morgan fingerprint density at radius 2 is 1.64 bits per heavy atom. The molecule has 2 aromatic carbocycles. The van der Waals surface area contributed by atoms with Gasteiger partial charge in [-0.15, -0.1) is 0 Å². The summed E-state index contributed by atoms with van der Waals surface area (Å²) in [5.74, 6) is 2.81. The van der Waals surface area contributed by atoms with Crippen LogP contribution in [0.3, 0.4) is 0 Å². The largest absolute Gasteiger partial charge is 0.495 e. The summed E-state index contributed by atoms with van der Waals surface area (Å²) in [5.41, 5.74) is 17.0. The second-order valence-corrected chi connectivity index (χ2v) is 6.74. The molecule has 0 bridgehead atoms. The molecule has 6 heteroatoms. The van der Waals surface area contributed by atoms with Crippen molar-refractivity contribution in [2.24, 2.45) is 11.7 Å². The van der Waals surface area contributed by atoms with Crippen LogP contribution in [0.15, 0.2) is 30.3 Å². The maximum absolute atomic E-state index is 6.18. The number of anilines is 1. The number of hydrogen-bond donors (Lipinski definition) is 2. The summed E-state index contributed by atoms with van der Waals surface area (Å²) in [5, 5.41) is 0.